The van der Waals surface area contributed by atoms with Crippen LogP contribution in [0, 0.1) is 13.8 Å². The second-order valence-corrected chi connectivity index (χ2v) is 7.64. The Morgan fingerprint density at radius 2 is 2.00 bits per heavy atom. The topological polar surface area (TPSA) is 28.2 Å². The first kappa shape index (κ1) is 16.2. The summed E-state index contributed by atoms with van der Waals surface area (Å²) in [6, 6.07) is 16.8. The molecule has 3 heterocycles. The highest BCUT2D eigenvalue weighted by Crippen LogP contribution is 2.44. The fourth-order valence-corrected chi connectivity index (χ4v) is 4.76. The summed E-state index contributed by atoms with van der Waals surface area (Å²) in [6.07, 6.45) is 1.84. The maximum Gasteiger partial charge on any atom is 0.174 e. The van der Waals surface area contributed by atoms with Gasteiger partial charge in [-0.1, -0.05) is 18.2 Å². The van der Waals surface area contributed by atoms with E-state index in [1.54, 1.807) is 11.3 Å². The highest BCUT2D eigenvalue weighted by atomic mass is 32.1. The van der Waals surface area contributed by atoms with Gasteiger partial charge in [0, 0.05) is 16.8 Å². The van der Waals surface area contributed by atoms with Crippen LogP contribution in [0.2, 0.25) is 0 Å². The molecule has 3 nitrogen and oxygen atoms in total. The number of nitrogens with zero attached hydrogens (tertiary/aromatic N) is 2. The van der Waals surface area contributed by atoms with Crippen LogP contribution in [-0.2, 0) is 0 Å². The van der Waals surface area contributed by atoms with Gasteiger partial charge in [-0.05, 0) is 72.9 Å². The molecule has 0 bridgehead atoms. The quantitative estimate of drug-likeness (QED) is 0.666. The molecule has 3 aromatic rings. The third-order valence-electron chi connectivity index (χ3n) is 4.55. The molecule has 1 aliphatic heterocycles. The van der Waals surface area contributed by atoms with Crippen LogP contribution in [0.15, 0.2) is 60.1 Å². The first-order valence-electron chi connectivity index (χ1n) is 8.26. The number of hydrogen-bond acceptors (Lipinski definition) is 3. The Kier molecular flexibility index (Phi) is 4.27. The first-order valence-corrected chi connectivity index (χ1v) is 9.55. The van der Waals surface area contributed by atoms with E-state index >= 15 is 0 Å². The summed E-state index contributed by atoms with van der Waals surface area (Å²) in [5.41, 5.74) is 4.65. The summed E-state index contributed by atoms with van der Waals surface area (Å²) in [5, 5.41) is 6.40. The largest absolute Gasteiger partial charge is 0.351 e. The van der Waals surface area contributed by atoms with E-state index in [1.165, 1.54) is 16.0 Å². The van der Waals surface area contributed by atoms with Gasteiger partial charge in [-0.15, -0.1) is 11.3 Å². The Hall–Kier alpha value is -2.24. The molecule has 0 saturated carbocycles. The maximum atomic E-state index is 5.73. The van der Waals surface area contributed by atoms with Gasteiger partial charge in [-0.2, -0.15) is 0 Å². The third kappa shape index (κ3) is 2.94. The lowest BCUT2D eigenvalue weighted by atomic mass is 10.0. The molecule has 4 rings (SSSR count). The molecule has 0 radical (unpaired) electrons. The third-order valence-corrected chi connectivity index (χ3v) is 5.95. The molecule has 0 spiro atoms. The van der Waals surface area contributed by atoms with E-state index < -0.39 is 0 Å². The lowest BCUT2D eigenvalue weighted by Crippen LogP contribution is -2.29. The van der Waals surface area contributed by atoms with E-state index in [2.05, 4.69) is 70.8 Å². The molecule has 0 unspecified atom stereocenters. The number of anilines is 1. The van der Waals surface area contributed by atoms with E-state index in [0.29, 0.717) is 0 Å². The first-order chi connectivity index (χ1) is 12.1. The molecule has 0 amide bonds. The minimum atomic E-state index is 0.0339. The molecular formula is C20H19N3S2. The van der Waals surface area contributed by atoms with Crippen molar-refractivity contribution in [3.63, 3.8) is 0 Å². The average molecular weight is 366 g/mol. The van der Waals surface area contributed by atoms with E-state index in [9.17, 15) is 0 Å². The Balaban J connectivity index is 1.85. The zero-order valence-corrected chi connectivity index (χ0v) is 15.8. The second-order valence-electron chi connectivity index (χ2n) is 6.30. The van der Waals surface area contributed by atoms with Crippen LogP contribution in [0.4, 0.5) is 5.69 Å². The molecule has 1 aliphatic rings. The van der Waals surface area contributed by atoms with Crippen LogP contribution in [0.5, 0.6) is 0 Å². The number of pyridine rings is 1. The van der Waals surface area contributed by atoms with Crippen molar-refractivity contribution in [3.8, 4) is 0 Å². The van der Waals surface area contributed by atoms with Crippen molar-refractivity contribution >= 4 is 34.4 Å². The van der Waals surface area contributed by atoms with Crippen LogP contribution in [0.1, 0.15) is 33.8 Å². The molecule has 2 atom stereocenters. The summed E-state index contributed by atoms with van der Waals surface area (Å²) in [7, 11) is 0. The normalized spacial score (nSPS) is 19.9. The molecule has 25 heavy (non-hydrogen) atoms. The van der Waals surface area contributed by atoms with Crippen molar-refractivity contribution in [2.45, 2.75) is 25.9 Å². The van der Waals surface area contributed by atoms with E-state index in [1.807, 2.05) is 18.3 Å². The van der Waals surface area contributed by atoms with Crippen molar-refractivity contribution in [3.05, 3.63) is 81.8 Å². The van der Waals surface area contributed by atoms with Gasteiger partial charge in [0.2, 0.25) is 0 Å². The fraction of sp³-hybridized carbons (Fsp3) is 0.200. The van der Waals surface area contributed by atoms with Gasteiger partial charge in [0.05, 0.1) is 17.8 Å². The Bertz CT molecular complexity index is 904. The number of aryl methyl sites for hydroxylation is 2. The van der Waals surface area contributed by atoms with Gasteiger partial charge in [0.15, 0.2) is 5.11 Å². The zero-order valence-electron chi connectivity index (χ0n) is 14.1. The Morgan fingerprint density at radius 1 is 1.12 bits per heavy atom. The minimum Gasteiger partial charge on any atom is -0.351 e. The van der Waals surface area contributed by atoms with Gasteiger partial charge < -0.3 is 10.2 Å². The maximum absolute atomic E-state index is 5.73. The van der Waals surface area contributed by atoms with Crippen molar-refractivity contribution in [2.75, 3.05) is 4.90 Å². The number of aromatic nitrogens is 1. The van der Waals surface area contributed by atoms with E-state index in [-0.39, 0.29) is 12.1 Å². The Morgan fingerprint density at radius 3 is 2.68 bits per heavy atom. The van der Waals surface area contributed by atoms with E-state index in [0.717, 1.165) is 16.5 Å². The van der Waals surface area contributed by atoms with Gasteiger partial charge in [-0.3, -0.25) is 4.98 Å². The van der Waals surface area contributed by atoms with Crippen LogP contribution in [-0.4, -0.2) is 10.1 Å². The minimum absolute atomic E-state index is 0.0339. The van der Waals surface area contributed by atoms with Gasteiger partial charge >= 0.3 is 0 Å². The number of hydrogen-bond donors (Lipinski definition) is 1. The molecule has 5 heteroatoms. The standard InChI is InChI=1S/C20H19N3S2/c1-13-6-5-7-15(12-13)23-18(19-14(2)9-11-25-19)17(22-20(23)24)16-8-3-4-10-21-16/h3-12,17-18H,1-2H3,(H,22,24)/t17-,18+/m1/s1. The van der Waals surface area contributed by atoms with Crippen LogP contribution < -0.4 is 10.2 Å². The predicted octanol–water partition coefficient (Wildman–Crippen LogP) is 4.94. The molecule has 0 aliphatic carbocycles. The molecule has 1 N–H and O–H groups in total. The number of nitrogens with one attached hydrogen (secondary N) is 1. The Labute approximate surface area is 157 Å². The molecule has 126 valence electrons. The van der Waals surface area contributed by atoms with Crippen LogP contribution in [0.3, 0.4) is 0 Å². The summed E-state index contributed by atoms with van der Waals surface area (Å²) >= 11 is 7.51. The van der Waals surface area contributed by atoms with Crippen molar-refractivity contribution in [2.24, 2.45) is 0 Å². The van der Waals surface area contributed by atoms with Crippen molar-refractivity contribution in [1.29, 1.82) is 0 Å². The summed E-state index contributed by atoms with van der Waals surface area (Å²) in [6.45, 7) is 4.27. The highest BCUT2D eigenvalue weighted by molar-refractivity contribution is 7.80. The monoisotopic (exact) mass is 365 g/mol. The van der Waals surface area contributed by atoms with Crippen molar-refractivity contribution in [1.82, 2.24) is 10.3 Å². The average Bonchev–Trinajstić information content (AvgIpc) is 3.18. The smallest absolute Gasteiger partial charge is 0.174 e. The molecule has 1 aromatic carbocycles. The second kappa shape index (κ2) is 6.58. The highest BCUT2D eigenvalue weighted by Gasteiger charge is 2.41. The summed E-state index contributed by atoms with van der Waals surface area (Å²) in [4.78, 5) is 8.15. The van der Waals surface area contributed by atoms with Crippen molar-refractivity contribution < 1.29 is 0 Å². The lowest BCUT2D eigenvalue weighted by molar-refractivity contribution is 0.573. The number of rotatable bonds is 3. The fourth-order valence-electron chi connectivity index (χ4n) is 3.36. The molecular weight excluding hydrogens is 346 g/mol. The van der Waals surface area contributed by atoms with Crippen LogP contribution >= 0.6 is 23.6 Å². The van der Waals surface area contributed by atoms with Gasteiger partial charge in [-0.25, -0.2) is 0 Å². The van der Waals surface area contributed by atoms with Gasteiger partial charge in [0.25, 0.3) is 0 Å². The molecule has 2 aromatic heterocycles. The number of thiophene rings is 1. The van der Waals surface area contributed by atoms with Crippen LogP contribution in [0.25, 0.3) is 0 Å². The predicted molar refractivity (Wildman–Crippen MR) is 108 cm³/mol. The number of thiocarbonyl (C=S) groups is 1. The summed E-state index contributed by atoms with van der Waals surface area (Å²) in [5.74, 6) is 0. The van der Waals surface area contributed by atoms with Gasteiger partial charge in [0.1, 0.15) is 0 Å². The SMILES string of the molecule is Cc1cccc(N2C(=S)N[C@H](c3ccccn3)[C@H]2c2sccc2C)c1. The van der Waals surface area contributed by atoms with E-state index in [4.69, 9.17) is 12.2 Å². The number of benzene rings is 1. The molecule has 1 saturated heterocycles. The molecule has 1 fully saturated rings. The lowest BCUT2D eigenvalue weighted by Gasteiger charge is -2.27. The summed E-state index contributed by atoms with van der Waals surface area (Å²) < 4.78 is 0. The zero-order chi connectivity index (χ0) is 17.4.